The van der Waals surface area contributed by atoms with Crippen LogP contribution in [-0.4, -0.2) is 10.9 Å². The van der Waals surface area contributed by atoms with Crippen molar-refractivity contribution in [1.82, 2.24) is 4.98 Å². The minimum absolute atomic E-state index is 0.210. The van der Waals surface area contributed by atoms with Crippen LogP contribution in [0, 0.1) is 6.92 Å². The van der Waals surface area contributed by atoms with Crippen LogP contribution in [0.5, 0.6) is 0 Å². The highest BCUT2D eigenvalue weighted by atomic mass is 35.5. The number of para-hydroxylation sites is 2. The molecule has 0 bridgehead atoms. The molecule has 0 fully saturated rings. The van der Waals surface area contributed by atoms with Gasteiger partial charge in [0.05, 0.1) is 0 Å². The van der Waals surface area contributed by atoms with E-state index in [1.807, 2.05) is 67.6 Å². The molecular formula is C25H17ClN2O3. The number of carbonyl (C=O) groups is 1. The van der Waals surface area contributed by atoms with E-state index in [1.165, 1.54) is 0 Å². The molecule has 31 heavy (non-hydrogen) atoms. The first kappa shape index (κ1) is 19.2. The first-order chi connectivity index (χ1) is 15.1. The molecule has 5 nitrogen and oxygen atoms in total. The van der Waals surface area contributed by atoms with Crippen molar-refractivity contribution in [3.63, 3.8) is 0 Å². The monoisotopic (exact) mass is 428 g/mol. The Bertz CT molecular complexity index is 1380. The second-order valence-electron chi connectivity index (χ2n) is 7.10. The van der Waals surface area contributed by atoms with Crippen LogP contribution in [0.15, 0.2) is 87.7 Å². The number of carbonyl (C=O) groups excluding carboxylic acids is 1. The summed E-state index contributed by atoms with van der Waals surface area (Å²) < 4.78 is 11.6. The fourth-order valence-electron chi connectivity index (χ4n) is 3.40. The van der Waals surface area contributed by atoms with E-state index >= 15 is 0 Å². The molecule has 1 amide bonds. The molecule has 152 valence electrons. The maximum atomic E-state index is 12.7. The van der Waals surface area contributed by atoms with Crippen molar-refractivity contribution in [3.8, 4) is 22.8 Å². The summed E-state index contributed by atoms with van der Waals surface area (Å²) >= 11 is 6.20. The second kappa shape index (κ2) is 7.78. The molecule has 0 unspecified atom stereocenters. The maximum Gasteiger partial charge on any atom is 0.291 e. The van der Waals surface area contributed by atoms with Crippen molar-refractivity contribution in [2.45, 2.75) is 6.92 Å². The Morgan fingerprint density at radius 3 is 2.65 bits per heavy atom. The summed E-state index contributed by atoms with van der Waals surface area (Å²) in [6.45, 7) is 1.91. The number of rotatable bonds is 4. The zero-order chi connectivity index (χ0) is 21.4. The zero-order valence-electron chi connectivity index (χ0n) is 16.6. The Hall–Kier alpha value is -3.83. The van der Waals surface area contributed by atoms with Gasteiger partial charge in [0, 0.05) is 21.8 Å². The van der Waals surface area contributed by atoms with Gasteiger partial charge in [-0.15, -0.1) is 0 Å². The molecule has 0 saturated carbocycles. The number of nitrogens with zero attached hydrogens (tertiary/aromatic N) is 1. The molecule has 5 aromatic rings. The lowest BCUT2D eigenvalue weighted by Gasteiger charge is -2.06. The third-order valence-corrected chi connectivity index (χ3v) is 5.43. The summed E-state index contributed by atoms with van der Waals surface area (Å²) in [7, 11) is 0. The number of hydrogen-bond donors (Lipinski definition) is 1. The van der Waals surface area contributed by atoms with Crippen LogP contribution in [0.2, 0.25) is 5.02 Å². The molecule has 0 aliphatic heterocycles. The molecule has 2 aromatic heterocycles. The standard InChI is InChI=1S/C25H17ClN2O3/c1-15-18(8-5-9-19(15)26)21-12-13-23(30-21)24(29)27-17-7-4-6-16(14-17)25-28-20-10-2-3-11-22(20)31-25/h2-14H,1H3,(H,27,29). The SMILES string of the molecule is Cc1c(Cl)cccc1-c1ccc(C(=O)Nc2cccc(-c3nc4ccccc4o3)c2)o1. The van der Waals surface area contributed by atoms with Gasteiger partial charge in [0.25, 0.3) is 5.91 Å². The molecule has 0 aliphatic rings. The van der Waals surface area contributed by atoms with Crippen LogP contribution in [0.25, 0.3) is 33.9 Å². The van der Waals surface area contributed by atoms with Gasteiger partial charge in [0.1, 0.15) is 11.3 Å². The third kappa shape index (κ3) is 3.71. The molecule has 0 saturated heterocycles. The van der Waals surface area contributed by atoms with Crippen molar-refractivity contribution >= 4 is 34.3 Å². The largest absolute Gasteiger partial charge is 0.451 e. The van der Waals surface area contributed by atoms with E-state index in [4.69, 9.17) is 20.4 Å². The average Bonchev–Trinajstić information content (AvgIpc) is 3.43. The summed E-state index contributed by atoms with van der Waals surface area (Å²) in [4.78, 5) is 17.2. The quantitative estimate of drug-likeness (QED) is 0.335. The maximum absolute atomic E-state index is 12.7. The molecular weight excluding hydrogens is 412 g/mol. The fraction of sp³-hybridized carbons (Fsp3) is 0.0400. The Labute approximate surface area is 183 Å². The molecule has 5 rings (SSSR count). The number of halogens is 1. The molecule has 0 spiro atoms. The number of benzene rings is 3. The van der Waals surface area contributed by atoms with Crippen molar-refractivity contribution < 1.29 is 13.6 Å². The minimum atomic E-state index is -0.347. The first-order valence-corrected chi connectivity index (χ1v) is 10.1. The van der Waals surface area contributed by atoms with Gasteiger partial charge in [-0.25, -0.2) is 4.98 Å². The van der Waals surface area contributed by atoms with Gasteiger partial charge in [-0.2, -0.15) is 0 Å². The fourth-order valence-corrected chi connectivity index (χ4v) is 3.57. The molecule has 3 aromatic carbocycles. The molecule has 6 heteroatoms. The van der Waals surface area contributed by atoms with Gasteiger partial charge in [-0.3, -0.25) is 4.79 Å². The van der Waals surface area contributed by atoms with Crippen LogP contribution in [0.3, 0.4) is 0 Å². The van der Waals surface area contributed by atoms with E-state index in [0.717, 1.165) is 22.2 Å². The van der Waals surface area contributed by atoms with Crippen molar-refractivity contribution in [3.05, 3.63) is 95.2 Å². The lowest BCUT2D eigenvalue weighted by atomic mass is 10.1. The lowest BCUT2D eigenvalue weighted by molar-refractivity contribution is 0.0997. The third-order valence-electron chi connectivity index (χ3n) is 5.02. The van der Waals surface area contributed by atoms with Crippen molar-refractivity contribution in [1.29, 1.82) is 0 Å². The van der Waals surface area contributed by atoms with E-state index in [9.17, 15) is 4.79 Å². The lowest BCUT2D eigenvalue weighted by Crippen LogP contribution is -2.10. The van der Waals surface area contributed by atoms with E-state index in [0.29, 0.717) is 27.9 Å². The van der Waals surface area contributed by atoms with Crippen LogP contribution < -0.4 is 5.32 Å². The smallest absolute Gasteiger partial charge is 0.291 e. The Morgan fingerprint density at radius 1 is 0.935 bits per heavy atom. The zero-order valence-corrected chi connectivity index (χ0v) is 17.3. The number of furan rings is 1. The average molecular weight is 429 g/mol. The van der Waals surface area contributed by atoms with Gasteiger partial charge in [-0.05, 0) is 61.0 Å². The predicted molar refractivity (Wildman–Crippen MR) is 121 cm³/mol. The summed E-state index contributed by atoms with van der Waals surface area (Å²) in [5.74, 6) is 0.946. The van der Waals surface area contributed by atoms with Gasteiger partial charge < -0.3 is 14.2 Å². The Kier molecular flexibility index (Phi) is 4.81. The van der Waals surface area contributed by atoms with E-state index in [1.54, 1.807) is 18.2 Å². The van der Waals surface area contributed by atoms with Crippen LogP contribution in [0.4, 0.5) is 5.69 Å². The van der Waals surface area contributed by atoms with Crippen molar-refractivity contribution in [2.24, 2.45) is 0 Å². The Balaban J connectivity index is 1.38. The summed E-state index contributed by atoms with van der Waals surface area (Å²) in [5.41, 5.74) is 4.63. The van der Waals surface area contributed by atoms with Gasteiger partial charge in [-0.1, -0.05) is 41.9 Å². The highest BCUT2D eigenvalue weighted by Crippen LogP contribution is 2.30. The summed E-state index contributed by atoms with van der Waals surface area (Å²) in [5, 5.41) is 3.51. The number of aromatic nitrogens is 1. The normalized spacial score (nSPS) is 11.0. The minimum Gasteiger partial charge on any atom is -0.451 e. The summed E-state index contributed by atoms with van der Waals surface area (Å²) in [6, 6.07) is 23.9. The highest BCUT2D eigenvalue weighted by molar-refractivity contribution is 6.31. The molecule has 2 heterocycles. The van der Waals surface area contributed by atoms with Crippen molar-refractivity contribution in [2.75, 3.05) is 5.32 Å². The van der Waals surface area contributed by atoms with Gasteiger partial charge >= 0.3 is 0 Å². The second-order valence-corrected chi connectivity index (χ2v) is 7.51. The van der Waals surface area contributed by atoms with Crippen LogP contribution in [0.1, 0.15) is 16.1 Å². The highest BCUT2D eigenvalue weighted by Gasteiger charge is 2.15. The summed E-state index contributed by atoms with van der Waals surface area (Å²) in [6.07, 6.45) is 0. The van der Waals surface area contributed by atoms with E-state index < -0.39 is 0 Å². The van der Waals surface area contributed by atoms with Gasteiger partial charge in [0.2, 0.25) is 5.89 Å². The van der Waals surface area contributed by atoms with Crippen LogP contribution in [-0.2, 0) is 0 Å². The number of hydrogen-bond acceptors (Lipinski definition) is 4. The molecule has 0 radical (unpaired) electrons. The van der Waals surface area contributed by atoms with Crippen LogP contribution >= 0.6 is 11.6 Å². The predicted octanol–water partition coefficient (Wildman–Crippen LogP) is 6.97. The number of anilines is 1. The molecule has 1 N–H and O–H groups in total. The number of nitrogens with one attached hydrogen (secondary N) is 1. The number of fused-ring (bicyclic) bond motifs is 1. The van der Waals surface area contributed by atoms with E-state index in [2.05, 4.69) is 10.3 Å². The first-order valence-electron chi connectivity index (χ1n) is 9.71. The topological polar surface area (TPSA) is 68.3 Å². The Morgan fingerprint density at radius 2 is 1.77 bits per heavy atom. The molecule has 0 atom stereocenters. The number of amides is 1. The number of oxazole rings is 1. The van der Waals surface area contributed by atoms with Gasteiger partial charge in [0.15, 0.2) is 11.3 Å². The molecule has 0 aliphatic carbocycles. The van der Waals surface area contributed by atoms with E-state index in [-0.39, 0.29) is 11.7 Å².